The number of aromatic nitrogens is 4. The number of carbonyl (C=O) groups is 1. The highest BCUT2D eigenvalue weighted by atomic mass is 16.4. The molecule has 0 aromatic carbocycles. The molecule has 3 rings (SSSR count). The Labute approximate surface area is 121 Å². The minimum atomic E-state index is -0.924. The van der Waals surface area contributed by atoms with Crippen LogP contribution in [0.25, 0.3) is 22.6 Å². The van der Waals surface area contributed by atoms with Crippen LogP contribution in [0.1, 0.15) is 18.5 Å². The van der Waals surface area contributed by atoms with Gasteiger partial charge >= 0.3 is 5.97 Å². The molecule has 106 valence electrons. The van der Waals surface area contributed by atoms with Gasteiger partial charge in [0.2, 0.25) is 0 Å². The number of nitrogens with zero attached hydrogens (tertiary/aromatic N) is 4. The van der Waals surface area contributed by atoms with Crippen molar-refractivity contribution in [1.82, 2.24) is 19.5 Å². The molecule has 0 aliphatic carbocycles. The lowest BCUT2D eigenvalue weighted by molar-refractivity contribution is -0.140. The molecule has 6 heteroatoms. The van der Waals surface area contributed by atoms with Crippen LogP contribution < -0.4 is 0 Å². The molecule has 0 bridgehead atoms. The van der Waals surface area contributed by atoms with Crippen LogP contribution in [-0.4, -0.2) is 30.6 Å². The third-order valence-electron chi connectivity index (χ3n) is 3.35. The number of aliphatic carboxylic acids is 1. The van der Waals surface area contributed by atoms with E-state index in [1.165, 1.54) is 0 Å². The summed E-state index contributed by atoms with van der Waals surface area (Å²) in [6.07, 6.45) is 5.03. The van der Waals surface area contributed by atoms with Crippen LogP contribution in [-0.2, 0) is 4.79 Å². The number of carboxylic acids is 1. The third-order valence-corrected chi connectivity index (χ3v) is 3.35. The first kappa shape index (κ1) is 13.2. The molecule has 3 aromatic heterocycles. The molecule has 0 fully saturated rings. The molecular weight excluding hydrogens is 268 g/mol. The second-order valence-electron chi connectivity index (χ2n) is 4.91. The SMILES string of the molecule is Cc1cnc2c(c1)nc(-c1ccncc1)n2C(C)C(=O)O. The zero-order chi connectivity index (χ0) is 15.0. The molecule has 0 radical (unpaired) electrons. The van der Waals surface area contributed by atoms with Crippen molar-refractivity contribution in [3.63, 3.8) is 0 Å². The Morgan fingerprint density at radius 3 is 2.71 bits per heavy atom. The summed E-state index contributed by atoms with van der Waals surface area (Å²) < 4.78 is 1.65. The molecule has 1 N–H and O–H groups in total. The number of fused-ring (bicyclic) bond motifs is 1. The summed E-state index contributed by atoms with van der Waals surface area (Å²) in [5, 5.41) is 9.35. The van der Waals surface area contributed by atoms with Gasteiger partial charge < -0.3 is 5.11 Å². The normalized spacial score (nSPS) is 12.5. The molecule has 0 saturated carbocycles. The maximum atomic E-state index is 11.4. The molecule has 0 amide bonds. The van der Waals surface area contributed by atoms with E-state index in [0.717, 1.165) is 11.1 Å². The van der Waals surface area contributed by atoms with Gasteiger partial charge in [-0.05, 0) is 37.6 Å². The first-order valence-corrected chi connectivity index (χ1v) is 6.55. The number of imidazole rings is 1. The lowest BCUT2D eigenvalue weighted by Gasteiger charge is -2.12. The quantitative estimate of drug-likeness (QED) is 0.798. The Balaban J connectivity index is 2.32. The van der Waals surface area contributed by atoms with Crippen molar-refractivity contribution in [3.8, 4) is 11.4 Å². The highest BCUT2D eigenvalue weighted by Crippen LogP contribution is 2.27. The molecule has 0 aliphatic heterocycles. The Morgan fingerprint density at radius 1 is 1.33 bits per heavy atom. The number of pyridine rings is 2. The van der Waals surface area contributed by atoms with Crippen LogP contribution >= 0.6 is 0 Å². The van der Waals surface area contributed by atoms with Crippen LogP contribution in [0.3, 0.4) is 0 Å². The predicted molar refractivity (Wildman–Crippen MR) is 77.8 cm³/mol. The van der Waals surface area contributed by atoms with Crippen molar-refractivity contribution in [2.45, 2.75) is 19.9 Å². The van der Waals surface area contributed by atoms with Crippen LogP contribution in [0, 0.1) is 6.92 Å². The van der Waals surface area contributed by atoms with Crippen LogP contribution in [0.4, 0.5) is 0 Å². The van der Waals surface area contributed by atoms with Crippen molar-refractivity contribution >= 4 is 17.1 Å². The lowest BCUT2D eigenvalue weighted by Crippen LogP contribution is -2.17. The highest BCUT2D eigenvalue weighted by Gasteiger charge is 2.22. The summed E-state index contributed by atoms with van der Waals surface area (Å²) in [4.78, 5) is 24.3. The molecule has 0 saturated heterocycles. The first-order valence-electron chi connectivity index (χ1n) is 6.55. The maximum absolute atomic E-state index is 11.4. The fourth-order valence-electron chi connectivity index (χ4n) is 2.26. The topological polar surface area (TPSA) is 80.9 Å². The summed E-state index contributed by atoms with van der Waals surface area (Å²) in [5.41, 5.74) is 3.06. The van der Waals surface area contributed by atoms with Crippen molar-refractivity contribution in [2.24, 2.45) is 0 Å². The zero-order valence-electron chi connectivity index (χ0n) is 11.7. The number of aryl methyl sites for hydroxylation is 1. The second-order valence-corrected chi connectivity index (χ2v) is 4.91. The molecule has 6 nitrogen and oxygen atoms in total. The number of carboxylic acid groups (broad SMARTS) is 1. The maximum Gasteiger partial charge on any atom is 0.326 e. The van der Waals surface area contributed by atoms with Gasteiger partial charge in [-0.15, -0.1) is 0 Å². The zero-order valence-corrected chi connectivity index (χ0v) is 11.7. The average molecular weight is 282 g/mol. The van der Waals surface area contributed by atoms with Gasteiger partial charge in [0.05, 0.1) is 0 Å². The van der Waals surface area contributed by atoms with Gasteiger partial charge in [-0.2, -0.15) is 0 Å². The van der Waals surface area contributed by atoms with E-state index in [0.29, 0.717) is 17.0 Å². The monoisotopic (exact) mass is 282 g/mol. The van der Waals surface area contributed by atoms with Gasteiger partial charge in [0.25, 0.3) is 0 Å². The summed E-state index contributed by atoms with van der Waals surface area (Å²) >= 11 is 0. The van der Waals surface area contributed by atoms with E-state index < -0.39 is 12.0 Å². The first-order chi connectivity index (χ1) is 10.1. The number of rotatable bonds is 3. The molecule has 1 unspecified atom stereocenters. The second kappa shape index (κ2) is 4.97. The minimum Gasteiger partial charge on any atom is -0.480 e. The Bertz CT molecular complexity index is 811. The number of hydrogen-bond donors (Lipinski definition) is 1. The van der Waals surface area contributed by atoms with E-state index in [4.69, 9.17) is 0 Å². The van der Waals surface area contributed by atoms with Gasteiger partial charge in [-0.25, -0.2) is 14.8 Å². The lowest BCUT2D eigenvalue weighted by atomic mass is 10.2. The number of hydrogen-bond acceptors (Lipinski definition) is 4. The molecule has 0 aliphatic rings. The van der Waals surface area contributed by atoms with E-state index in [9.17, 15) is 9.90 Å². The Morgan fingerprint density at radius 2 is 2.05 bits per heavy atom. The van der Waals surface area contributed by atoms with Crippen LogP contribution in [0.5, 0.6) is 0 Å². The summed E-state index contributed by atoms with van der Waals surface area (Å²) in [6, 6.07) is 4.75. The van der Waals surface area contributed by atoms with Gasteiger partial charge in [-0.1, -0.05) is 0 Å². The van der Waals surface area contributed by atoms with Gasteiger partial charge in [0.15, 0.2) is 5.65 Å². The fourth-order valence-corrected chi connectivity index (χ4v) is 2.26. The minimum absolute atomic E-state index is 0.572. The van der Waals surface area contributed by atoms with Crippen molar-refractivity contribution in [2.75, 3.05) is 0 Å². The van der Waals surface area contributed by atoms with Crippen LogP contribution in [0.2, 0.25) is 0 Å². The summed E-state index contributed by atoms with van der Waals surface area (Å²) in [7, 11) is 0. The highest BCUT2D eigenvalue weighted by molar-refractivity contribution is 5.82. The largest absolute Gasteiger partial charge is 0.480 e. The van der Waals surface area contributed by atoms with E-state index >= 15 is 0 Å². The van der Waals surface area contributed by atoms with Gasteiger partial charge in [-0.3, -0.25) is 9.55 Å². The molecule has 3 aromatic rings. The predicted octanol–water partition coefficient (Wildman–Crippen LogP) is 2.45. The molecule has 21 heavy (non-hydrogen) atoms. The Hall–Kier alpha value is -2.76. The molecular formula is C15H14N4O2. The Kier molecular flexibility index (Phi) is 3.13. The molecule has 3 heterocycles. The summed E-state index contributed by atoms with van der Waals surface area (Å²) in [6.45, 7) is 3.55. The average Bonchev–Trinajstić information content (AvgIpc) is 2.85. The summed E-state index contributed by atoms with van der Waals surface area (Å²) in [5.74, 6) is -0.340. The smallest absolute Gasteiger partial charge is 0.326 e. The van der Waals surface area contributed by atoms with Crippen LogP contribution in [0.15, 0.2) is 36.8 Å². The van der Waals surface area contributed by atoms with Gasteiger partial charge in [0, 0.05) is 24.2 Å². The van der Waals surface area contributed by atoms with E-state index in [-0.39, 0.29) is 0 Å². The van der Waals surface area contributed by atoms with E-state index in [2.05, 4.69) is 15.0 Å². The molecule has 1 atom stereocenters. The molecule has 0 spiro atoms. The van der Waals surface area contributed by atoms with Crippen molar-refractivity contribution in [3.05, 3.63) is 42.4 Å². The third kappa shape index (κ3) is 2.24. The standard InChI is InChI=1S/C15H14N4O2/c1-9-7-12-14(17-8-9)19(10(2)15(20)21)13(18-12)11-3-5-16-6-4-11/h3-8,10H,1-2H3,(H,20,21). The fraction of sp³-hybridized carbons (Fsp3) is 0.200. The van der Waals surface area contributed by atoms with Gasteiger partial charge in [0.1, 0.15) is 17.4 Å². The van der Waals surface area contributed by atoms with E-state index in [1.807, 2.05) is 13.0 Å². The van der Waals surface area contributed by atoms with Crippen molar-refractivity contribution < 1.29 is 9.90 Å². The van der Waals surface area contributed by atoms with Crippen molar-refractivity contribution in [1.29, 1.82) is 0 Å². The van der Waals surface area contributed by atoms with E-state index in [1.54, 1.807) is 42.2 Å².